The predicted octanol–water partition coefficient (Wildman–Crippen LogP) is 2.37. The Morgan fingerprint density at radius 3 is 2.65 bits per heavy atom. The molecule has 138 valence electrons. The smallest absolute Gasteiger partial charge is 0.407 e. The number of aliphatic carboxylic acids is 1. The number of amides is 1. The number of carboxylic acid groups (broad SMARTS) is 1. The molecule has 0 saturated carbocycles. The van der Waals surface area contributed by atoms with Crippen LogP contribution in [0.1, 0.15) is 18.4 Å². The number of carboxylic acids is 1. The van der Waals surface area contributed by atoms with Gasteiger partial charge in [-0.3, -0.25) is 0 Å². The molecule has 0 aliphatic carbocycles. The summed E-state index contributed by atoms with van der Waals surface area (Å²) in [7, 11) is 1.89. The van der Waals surface area contributed by atoms with E-state index in [1.165, 1.54) is 0 Å². The van der Waals surface area contributed by atoms with Crippen LogP contribution >= 0.6 is 0 Å². The summed E-state index contributed by atoms with van der Waals surface area (Å²) in [6.07, 6.45) is 4.52. The molecule has 7 nitrogen and oxygen atoms in total. The van der Waals surface area contributed by atoms with Crippen molar-refractivity contribution >= 4 is 17.7 Å². The van der Waals surface area contributed by atoms with Crippen molar-refractivity contribution in [3.05, 3.63) is 54.4 Å². The molecule has 2 N–H and O–H groups in total. The van der Waals surface area contributed by atoms with E-state index in [0.717, 1.165) is 11.3 Å². The van der Waals surface area contributed by atoms with Gasteiger partial charge >= 0.3 is 12.1 Å². The minimum absolute atomic E-state index is 0.0808. The number of hydrogen-bond donors (Lipinski definition) is 2. The number of alkyl carbamates (subject to hydrolysis) is 1. The van der Waals surface area contributed by atoms with Gasteiger partial charge < -0.3 is 24.6 Å². The molecule has 1 aromatic heterocycles. The van der Waals surface area contributed by atoms with E-state index in [9.17, 15) is 14.7 Å². The number of hydrogen-bond acceptors (Lipinski definition) is 4. The summed E-state index contributed by atoms with van der Waals surface area (Å²) in [5, 5.41) is 12.3. The van der Waals surface area contributed by atoms with Crippen molar-refractivity contribution in [2.45, 2.75) is 31.5 Å². The highest BCUT2D eigenvalue weighted by atomic mass is 16.5. The molecule has 1 amide bonds. The molecule has 1 fully saturated rings. The first-order valence-corrected chi connectivity index (χ1v) is 8.62. The molecule has 1 saturated heterocycles. The summed E-state index contributed by atoms with van der Waals surface area (Å²) < 4.78 is 7.10. The van der Waals surface area contributed by atoms with Gasteiger partial charge in [0.15, 0.2) is 0 Å². The molecule has 0 radical (unpaired) electrons. The highest BCUT2D eigenvalue weighted by Gasteiger charge is 2.38. The molecule has 2 aromatic rings. The number of aromatic nitrogens is 1. The molecule has 0 bridgehead atoms. The molecule has 3 rings (SSSR count). The van der Waals surface area contributed by atoms with E-state index in [0.29, 0.717) is 19.4 Å². The van der Waals surface area contributed by atoms with Gasteiger partial charge in [0.05, 0.1) is 5.69 Å². The van der Waals surface area contributed by atoms with E-state index in [4.69, 9.17) is 4.74 Å². The molecule has 0 spiro atoms. The van der Waals surface area contributed by atoms with Crippen molar-refractivity contribution in [3.8, 4) is 0 Å². The van der Waals surface area contributed by atoms with Crippen LogP contribution in [0.5, 0.6) is 0 Å². The fraction of sp³-hybridized carbons (Fsp3) is 0.368. The topological polar surface area (TPSA) is 83.8 Å². The fourth-order valence-electron chi connectivity index (χ4n) is 3.33. The van der Waals surface area contributed by atoms with Gasteiger partial charge in [-0.1, -0.05) is 30.3 Å². The van der Waals surface area contributed by atoms with Crippen LogP contribution in [0.25, 0.3) is 0 Å². The van der Waals surface area contributed by atoms with Crippen molar-refractivity contribution in [2.24, 2.45) is 7.05 Å². The monoisotopic (exact) mass is 357 g/mol. The third-order valence-corrected chi connectivity index (χ3v) is 4.60. The first kappa shape index (κ1) is 17.8. The van der Waals surface area contributed by atoms with Gasteiger partial charge in [-0.2, -0.15) is 0 Å². The number of rotatable bonds is 6. The van der Waals surface area contributed by atoms with E-state index in [-0.39, 0.29) is 12.6 Å². The number of carbonyl (C=O) groups is 2. The zero-order valence-electron chi connectivity index (χ0n) is 14.7. The quantitative estimate of drug-likeness (QED) is 0.829. The minimum Gasteiger partial charge on any atom is -0.480 e. The van der Waals surface area contributed by atoms with Crippen LogP contribution in [0, 0.1) is 0 Å². The Bertz CT molecular complexity index is 759. The molecule has 7 heteroatoms. The molecule has 2 heterocycles. The van der Waals surface area contributed by atoms with E-state index in [1.54, 1.807) is 0 Å². The van der Waals surface area contributed by atoms with Gasteiger partial charge in [-0.05, 0) is 24.5 Å². The molecule has 26 heavy (non-hydrogen) atoms. The highest BCUT2D eigenvalue weighted by molar-refractivity contribution is 5.79. The second-order valence-electron chi connectivity index (χ2n) is 6.47. The van der Waals surface area contributed by atoms with Gasteiger partial charge in [-0.25, -0.2) is 9.59 Å². The largest absolute Gasteiger partial charge is 0.480 e. The van der Waals surface area contributed by atoms with Gasteiger partial charge in [0.1, 0.15) is 12.6 Å². The van der Waals surface area contributed by atoms with Crippen molar-refractivity contribution < 1.29 is 19.4 Å². The van der Waals surface area contributed by atoms with Crippen molar-refractivity contribution in [2.75, 3.05) is 11.4 Å². The SMILES string of the molecule is Cn1ccc(N2C(CNC(=O)OCc3ccccc3)CCC2C(=O)O)c1. The molecular weight excluding hydrogens is 334 g/mol. The van der Waals surface area contributed by atoms with E-state index < -0.39 is 18.1 Å². The summed E-state index contributed by atoms with van der Waals surface area (Å²) in [4.78, 5) is 25.4. The summed E-state index contributed by atoms with van der Waals surface area (Å²) in [6, 6.07) is 10.7. The van der Waals surface area contributed by atoms with Crippen LogP contribution in [0.15, 0.2) is 48.8 Å². The fourth-order valence-corrected chi connectivity index (χ4v) is 3.33. The number of anilines is 1. The summed E-state index contributed by atoms with van der Waals surface area (Å²) >= 11 is 0. The summed E-state index contributed by atoms with van der Waals surface area (Å²) in [6.45, 7) is 0.545. The average Bonchev–Trinajstić information content (AvgIpc) is 3.24. The Hall–Kier alpha value is -2.96. The number of nitrogens with one attached hydrogen (secondary N) is 1. The van der Waals surface area contributed by atoms with Crippen LogP contribution < -0.4 is 10.2 Å². The molecule has 1 aromatic carbocycles. The van der Waals surface area contributed by atoms with E-state index in [2.05, 4.69) is 5.32 Å². The Balaban J connectivity index is 1.57. The number of carbonyl (C=O) groups excluding carboxylic acids is 1. The lowest BCUT2D eigenvalue weighted by molar-refractivity contribution is -0.138. The van der Waals surface area contributed by atoms with E-state index in [1.807, 2.05) is 65.3 Å². The third-order valence-electron chi connectivity index (χ3n) is 4.60. The lowest BCUT2D eigenvalue weighted by atomic mass is 10.2. The zero-order chi connectivity index (χ0) is 18.5. The van der Waals surface area contributed by atoms with Crippen LogP contribution in [0.4, 0.5) is 10.5 Å². The second-order valence-corrected chi connectivity index (χ2v) is 6.47. The minimum atomic E-state index is -0.844. The first-order valence-electron chi connectivity index (χ1n) is 8.62. The molecular formula is C19H23N3O4. The van der Waals surface area contributed by atoms with Gasteiger partial charge in [-0.15, -0.1) is 0 Å². The van der Waals surface area contributed by atoms with Gasteiger partial charge in [0, 0.05) is 32.0 Å². The Kier molecular flexibility index (Phi) is 5.46. The summed E-state index contributed by atoms with van der Waals surface area (Å²) in [5.41, 5.74) is 1.77. The van der Waals surface area contributed by atoms with Crippen molar-refractivity contribution in [1.82, 2.24) is 9.88 Å². The number of aryl methyl sites for hydroxylation is 1. The lowest BCUT2D eigenvalue weighted by Gasteiger charge is -2.29. The zero-order valence-corrected chi connectivity index (χ0v) is 14.7. The Morgan fingerprint density at radius 2 is 2.00 bits per heavy atom. The average molecular weight is 357 g/mol. The standard InChI is InChI=1S/C19H23N3O4/c1-21-10-9-16(12-21)22-15(7-8-17(22)18(23)24)11-20-19(25)26-13-14-5-3-2-4-6-14/h2-6,9-10,12,15,17H,7-8,11,13H2,1H3,(H,20,25)(H,23,24). The third kappa shape index (κ3) is 4.17. The summed E-state index contributed by atoms with van der Waals surface area (Å²) in [5.74, 6) is -0.844. The van der Waals surface area contributed by atoms with Crippen LogP contribution in [0.2, 0.25) is 0 Å². The van der Waals surface area contributed by atoms with Crippen molar-refractivity contribution in [1.29, 1.82) is 0 Å². The van der Waals surface area contributed by atoms with Gasteiger partial charge in [0.2, 0.25) is 0 Å². The van der Waals surface area contributed by atoms with Crippen LogP contribution in [0.3, 0.4) is 0 Å². The maximum atomic E-state index is 12.0. The van der Waals surface area contributed by atoms with Gasteiger partial charge in [0.25, 0.3) is 0 Å². The second kappa shape index (κ2) is 7.95. The maximum absolute atomic E-state index is 12.0. The Morgan fingerprint density at radius 1 is 1.23 bits per heavy atom. The molecule has 1 aliphatic heterocycles. The Labute approximate surface area is 152 Å². The predicted molar refractivity (Wildman–Crippen MR) is 97.0 cm³/mol. The maximum Gasteiger partial charge on any atom is 0.407 e. The number of benzene rings is 1. The molecule has 2 unspecified atom stereocenters. The van der Waals surface area contributed by atoms with Crippen molar-refractivity contribution in [3.63, 3.8) is 0 Å². The normalized spacial score (nSPS) is 19.3. The molecule has 1 aliphatic rings. The van der Waals surface area contributed by atoms with E-state index >= 15 is 0 Å². The number of nitrogens with zero attached hydrogens (tertiary/aromatic N) is 2. The van der Waals surface area contributed by atoms with Crippen LogP contribution in [-0.2, 0) is 23.2 Å². The highest BCUT2D eigenvalue weighted by Crippen LogP contribution is 2.30. The molecule has 2 atom stereocenters. The first-order chi connectivity index (χ1) is 12.5. The lowest BCUT2D eigenvalue weighted by Crippen LogP contribution is -2.46. The number of ether oxygens (including phenoxy) is 1. The van der Waals surface area contributed by atoms with Crippen LogP contribution in [-0.4, -0.2) is 40.4 Å².